The molecule has 0 heterocycles. The van der Waals surface area contributed by atoms with Crippen molar-refractivity contribution in [1.29, 1.82) is 0 Å². The second-order valence-electron chi connectivity index (χ2n) is 8.05. The van der Waals surface area contributed by atoms with Crippen molar-refractivity contribution in [3.05, 3.63) is 0 Å². The quantitative estimate of drug-likeness (QED) is 0.203. The maximum absolute atomic E-state index is 11.7. The van der Waals surface area contributed by atoms with Gasteiger partial charge in [0.2, 0.25) is 12.6 Å². The lowest BCUT2D eigenvalue weighted by Crippen LogP contribution is -2.31. The van der Waals surface area contributed by atoms with Crippen LogP contribution in [0.5, 0.6) is 0 Å². The van der Waals surface area contributed by atoms with Crippen LogP contribution in [0.3, 0.4) is 0 Å². The van der Waals surface area contributed by atoms with E-state index < -0.39 is 36.6 Å². The molecule has 0 fully saturated rings. The lowest BCUT2D eigenvalue weighted by atomic mass is 10.2. The van der Waals surface area contributed by atoms with Gasteiger partial charge in [0.15, 0.2) is 0 Å². The third-order valence-electron chi connectivity index (χ3n) is 4.11. The summed E-state index contributed by atoms with van der Waals surface area (Å²) < 4.78 is 19.9. The van der Waals surface area contributed by atoms with Crippen LogP contribution in [0.4, 0.5) is 4.79 Å². The Morgan fingerprint density at radius 1 is 0.625 bits per heavy atom. The number of ether oxygens (including phenoxy) is 4. The molecule has 10 heteroatoms. The molecule has 0 radical (unpaired) electrons. The van der Waals surface area contributed by atoms with E-state index in [1.165, 1.54) is 13.8 Å². The number of hydrogen-bond donors (Lipinski definition) is 2. The molecular formula is C22H40N2O8. The Morgan fingerprint density at radius 3 is 1.69 bits per heavy atom. The first kappa shape index (κ1) is 29.6. The Labute approximate surface area is 191 Å². The van der Waals surface area contributed by atoms with Crippen molar-refractivity contribution >= 4 is 24.0 Å². The van der Waals surface area contributed by atoms with Crippen molar-refractivity contribution in [3.8, 4) is 0 Å². The molecule has 0 saturated carbocycles. The van der Waals surface area contributed by atoms with E-state index in [1.807, 2.05) is 0 Å². The molecule has 0 aromatic rings. The number of hydrogen-bond acceptors (Lipinski definition) is 9. The Balaban J connectivity index is 3.59. The van der Waals surface area contributed by atoms with Gasteiger partial charge in [-0.15, -0.1) is 0 Å². The second-order valence-corrected chi connectivity index (χ2v) is 8.05. The maximum Gasteiger partial charge on any atom is 0.410 e. The van der Waals surface area contributed by atoms with E-state index in [1.54, 1.807) is 27.7 Å². The number of nitrogens with one attached hydrogen (secondary N) is 2. The summed E-state index contributed by atoms with van der Waals surface area (Å²) in [5, 5.41) is 5.86. The van der Waals surface area contributed by atoms with Gasteiger partial charge >= 0.3 is 24.0 Å². The van der Waals surface area contributed by atoms with Crippen molar-refractivity contribution in [1.82, 2.24) is 10.6 Å². The van der Waals surface area contributed by atoms with Gasteiger partial charge in [0.1, 0.15) is 0 Å². The van der Waals surface area contributed by atoms with Gasteiger partial charge in [-0.2, -0.15) is 0 Å². The normalized spacial score (nSPS) is 12.8. The summed E-state index contributed by atoms with van der Waals surface area (Å²) in [5.41, 5.74) is 0. The van der Waals surface area contributed by atoms with Crippen LogP contribution in [0.2, 0.25) is 0 Å². The maximum atomic E-state index is 11.7. The molecule has 32 heavy (non-hydrogen) atoms. The third-order valence-corrected chi connectivity index (χ3v) is 4.11. The summed E-state index contributed by atoms with van der Waals surface area (Å²) >= 11 is 0. The Hall–Kier alpha value is -2.36. The molecule has 2 atom stereocenters. The lowest BCUT2D eigenvalue weighted by Gasteiger charge is -2.15. The fourth-order valence-corrected chi connectivity index (χ4v) is 2.31. The third kappa shape index (κ3) is 16.3. The van der Waals surface area contributed by atoms with Gasteiger partial charge in [0.25, 0.3) is 0 Å². The van der Waals surface area contributed by atoms with Crippen LogP contribution in [0.15, 0.2) is 0 Å². The summed E-state index contributed by atoms with van der Waals surface area (Å²) in [4.78, 5) is 46.2. The van der Waals surface area contributed by atoms with Crippen LogP contribution in [-0.2, 0) is 33.3 Å². The van der Waals surface area contributed by atoms with E-state index in [4.69, 9.17) is 18.9 Å². The van der Waals surface area contributed by atoms with Crippen molar-refractivity contribution in [3.63, 3.8) is 0 Å². The van der Waals surface area contributed by atoms with Crippen LogP contribution in [-0.4, -0.2) is 56.2 Å². The minimum absolute atomic E-state index is 0.244. The van der Waals surface area contributed by atoms with E-state index in [0.717, 1.165) is 25.8 Å². The highest BCUT2D eigenvalue weighted by molar-refractivity contribution is 5.73. The topological polar surface area (TPSA) is 129 Å². The standard InChI is InChI=1S/C22H40N2O8/c1-15(2)20(26)30-17(5)29-19(25)11-10-13-23-12-8-7-9-14-24-22(28)32-18(6)31-21(27)16(3)4/h15-18,23H,7-14H2,1-6H3,(H,24,28)/t17-,18+/m0/s1. The predicted octanol–water partition coefficient (Wildman–Crippen LogP) is 2.89. The molecule has 1 amide bonds. The van der Waals surface area contributed by atoms with E-state index in [0.29, 0.717) is 19.5 Å². The van der Waals surface area contributed by atoms with E-state index in [9.17, 15) is 19.2 Å². The first-order chi connectivity index (χ1) is 15.0. The number of esters is 3. The smallest absolute Gasteiger partial charge is 0.410 e. The first-order valence-corrected chi connectivity index (χ1v) is 11.3. The van der Waals surface area contributed by atoms with Crippen molar-refractivity contribution < 1.29 is 38.1 Å². The number of rotatable bonds is 16. The monoisotopic (exact) mass is 460 g/mol. The molecule has 0 aromatic carbocycles. The van der Waals surface area contributed by atoms with Crippen LogP contribution in [0, 0.1) is 11.8 Å². The summed E-state index contributed by atoms with van der Waals surface area (Å²) in [6.45, 7) is 11.8. The van der Waals surface area contributed by atoms with Crippen molar-refractivity contribution in [2.75, 3.05) is 19.6 Å². The van der Waals surface area contributed by atoms with Crippen LogP contribution >= 0.6 is 0 Å². The predicted molar refractivity (Wildman–Crippen MR) is 117 cm³/mol. The number of unbranched alkanes of at least 4 members (excludes halogenated alkanes) is 2. The average Bonchev–Trinajstić information content (AvgIpc) is 2.68. The molecule has 186 valence electrons. The number of carbonyl (C=O) groups excluding carboxylic acids is 4. The van der Waals surface area contributed by atoms with Gasteiger partial charge in [0.05, 0.1) is 11.8 Å². The zero-order valence-corrected chi connectivity index (χ0v) is 20.2. The molecule has 0 aliphatic carbocycles. The van der Waals surface area contributed by atoms with Gasteiger partial charge in [0, 0.05) is 26.8 Å². The van der Waals surface area contributed by atoms with Gasteiger partial charge in [-0.1, -0.05) is 34.1 Å². The van der Waals surface area contributed by atoms with Crippen LogP contribution < -0.4 is 10.6 Å². The molecular weight excluding hydrogens is 420 g/mol. The summed E-state index contributed by atoms with van der Waals surface area (Å²) in [7, 11) is 0. The summed E-state index contributed by atoms with van der Waals surface area (Å²) in [6, 6.07) is 0. The van der Waals surface area contributed by atoms with Crippen molar-refractivity contribution in [2.45, 2.75) is 86.2 Å². The summed E-state index contributed by atoms with van der Waals surface area (Å²) in [6.07, 6.45) is 1.06. The largest absolute Gasteiger partial charge is 0.425 e. The minimum Gasteiger partial charge on any atom is -0.425 e. The zero-order chi connectivity index (χ0) is 24.5. The van der Waals surface area contributed by atoms with Gasteiger partial charge < -0.3 is 29.6 Å². The number of amides is 1. The fraction of sp³-hybridized carbons (Fsp3) is 0.818. The fourth-order valence-electron chi connectivity index (χ4n) is 2.31. The van der Waals surface area contributed by atoms with Gasteiger partial charge in [-0.3, -0.25) is 14.4 Å². The number of carbonyl (C=O) groups is 4. The van der Waals surface area contributed by atoms with E-state index >= 15 is 0 Å². The van der Waals surface area contributed by atoms with Gasteiger partial charge in [-0.25, -0.2) is 4.79 Å². The highest BCUT2D eigenvalue weighted by Crippen LogP contribution is 2.04. The highest BCUT2D eigenvalue weighted by atomic mass is 16.7. The Kier molecular flexibility index (Phi) is 16.0. The zero-order valence-electron chi connectivity index (χ0n) is 20.2. The molecule has 0 aromatic heterocycles. The molecule has 0 bridgehead atoms. The molecule has 10 nitrogen and oxygen atoms in total. The molecule has 0 aliphatic rings. The first-order valence-electron chi connectivity index (χ1n) is 11.3. The van der Waals surface area contributed by atoms with Crippen LogP contribution in [0.25, 0.3) is 0 Å². The van der Waals surface area contributed by atoms with Gasteiger partial charge in [-0.05, 0) is 32.4 Å². The minimum atomic E-state index is -0.926. The lowest BCUT2D eigenvalue weighted by molar-refractivity contribution is -0.186. The van der Waals surface area contributed by atoms with E-state index in [2.05, 4.69) is 10.6 Å². The Morgan fingerprint density at radius 2 is 1.12 bits per heavy atom. The number of alkyl carbamates (subject to hydrolysis) is 1. The average molecular weight is 461 g/mol. The molecule has 0 aliphatic heterocycles. The summed E-state index contributed by atoms with van der Waals surface area (Å²) in [5.74, 6) is -1.77. The molecule has 0 rings (SSSR count). The van der Waals surface area contributed by atoms with Crippen molar-refractivity contribution in [2.24, 2.45) is 11.8 Å². The second kappa shape index (κ2) is 17.2. The SMILES string of the molecule is CC(C)C(=O)O[C@@H](C)OC(=O)CCCNCCCCCNC(=O)O[C@H](C)OC(=O)C(C)C. The molecule has 2 N–H and O–H groups in total. The van der Waals surface area contributed by atoms with E-state index in [-0.39, 0.29) is 18.3 Å². The van der Waals surface area contributed by atoms with Crippen LogP contribution in [0.1, 0.15) is 73.6 Å². The molecule has 0 saturated heterocycles. The highest BCUT2D eigenvalue weighted by Gasteiger charge is 2.17. The molecule has 0 spiro atoms. The Bertz CT molecular complexity index is 530. The molecule has 0 unspecified atom stereocenters.